The molecule has 0 atom stereocenters. The molecule has 1 aromatic carbocycles. The number of rotatable bonds is 5. The van der Waals surface area contributed by atoms with Gasteiger partial charge in [0.15, 0.2) is 0 Å². The van der Waals surface area contributed by atoms with Crippen LogP contribution in [0.5, 0.6) is 0 Å². The van der Waals surface area contributed by atoms with E-state index in [4.69, 9.17) is 5.84 Å². The lowest BCUT2D eigenvalue weighted by Crippen LogP contribution is -2.31. The molecule has 0 aliphatic carbocycles. The molecular formula is C10H13F3N4O2. The van der Waals surface area contributed by atoms with Gasteiger partial charge in [0.2, 0.25) is 0 Å². The zero-order valence-electron chi connectivity index (χ0n) is 10.1. The molecule has 0 aliphatic heterocycles. The van der Waals surface area contributed by atoms with Gasteiger partial charge in [0.25, 0.3) is 5.69 Å². The first-order valence-electron chi connectivity index (χ1n) is 5.23. The molecule has 0 heterocycles. The number of nitrogens with one attached hydrogen (secondary N) is 1. The van der Waals surface area contributed by atoms with Crippen molar-refractivity contribution in [3.63, 3.8) is 0 Å². The van der Waals surface area contributed by atoms with Crippen molar-refractivity contribution in [2.24, 2.45) is 5.84 Å². The number of nitrogens with two attached hydrogens (primary N) is 1. The molecule has 0 saturated carbocycles. The summed E-state index contributed by atoms with van der Waals surface area (Å²) >= 11 is 0. The van der Waals surface area contributed by atoms with Crippen LogP contribution < -0.4 is 11.3 Å². The minimum atomic E-state index is -4.33. The number of nitrogen functional groups attached to an aromatic ring is 1. The Kier molecular flexibility index (Phi) is 4.67. The number of nitro groups is 1. The van der Waals surface area contributed by atoms with Crippen molar-refractivity contribution in [3.8, 4) is 0 Å². The Labute approximate surface area is 107 Å². The Morgan fingerprint density at radius 2 is 2.11 bits per heavy atom. The second kappa shape index (κ2) is 5.85. The molecule has 0 saturated heterocycles. The van der Waals surface area contributed by atoms with Crippen LogP contribution in [0.1, 0.15) is 5.56 Å². The Balaban J connectivity index is 2.95. The second-order valence-corrected chi connectivity index (χ2v) is 4.00. The van der Waals surface area contributed by atoms with Gasteiger partial charge in [-0.2, -0.15) is 13.2 Å². The molecule has 1 aromatic rings. The van der Waals surface area contributed by atoms with E-state index in [0.717, 1.165) is 4.90 Å². The predicted octanol–water partition coefficient (Wildman–Crippen LogP) is 1.87. The summed E-state index contributed by atoms with van der Waals surface area (Å²) in [5.41, 5.74) is 2.22. The molecular weight excluding hydrogens is 265 g/mol. The fraction of sp³-hybridized carbons (Fsp3) is 0.400. The topological polar surface area (TPSA) is 84.4 Å². The molecule has 0 aliphatic rings. The summed E-state index contributed by atoms with van der Waals surface area (Å²) in [5.74, 6) is 5.20. The van der Waals surface area contributed by atoms with E-state index in [9.17, 15) is 23.3 Å². The average molecular weight is 278 g/mol. The van der Waals surface area contributed by atoms with Crippen molar-refractivity contribution in [2.75, 3.05) is 19.0 Å². The fourth-order valence-corrected chi connectivity index (χ4v) is 1.69. The lowest BCUT2D eigenvalue weighted by molar-refractivity contribution is -0.384. The Morgan fingerprint density at radius 1 is 1.47 bits per heavy atom. The summed E-state index contributed by atoms with van der Waals surface area (Å²) < 4.78 is 36.6. The van der Waals surface area contributed by atoms with Crippen LogP contribution >= 0.6 is 0 Å². The fourth-order valence-electron chi connectivity index (χ4n) is 1.69. The molecule has 0 bridgehead atoms. The molecule has 19 heavy (non-hydrogen) atoms. The van der Waals surface area contributed by atoms with Gasteiger partial charge in [-0.25, -0.2) is 0 Å². The van der Waals surface area contributed by atoms with Gasteiger partial charge < -0.3 is 5.43 Å². The van der Waals surface area contributed by atoms with Crippen molar-refractivity contribution >= 4 is 11.4 Å². The second-order valence-electron chi connectivity index (χ2n) is 4.00. The van der Waals surface area contributed by atoms with E-state index in [1.807, 2.05) is 0 Å². The lowest BCUT2D eigenvalue weighted by atomic mass is 10.1. The molecule has 0 aromatic heterocycles. The molecule has 0 fully saturated rings. The maximum atomic E-state index is 12.2. The van der Waals surface area contributed by atoms with Gasteiger partial charge in [-0.05, 0) is 12.6 Å². The summed E-state index contributed by atoms with van der Waals surface area (Å²) in [6.07, 6.45) is -4.33. The maximum Gasteiger partial charge on any atom is 0.401 e. The van der Waals surface area contributed by atoms with Crippen LogP contribution in [0.25, 0.3) is 0 Å². The minimum absolute atomic E-state index is 0.0153. The molecule has 0 spiro atoms. The molecule has 1 rings (SSSR count). The summed E-state index contributed by atoms with van der Waals surface area (Å²) in [6.45, 7) is -1.22. The van der Waals surface area contributed by atoms with Crippen LogP contribution in [0.2, 0.25) is 0 Å². The number of hydrogen-bond acceptors (Lipinski definition) is 5. The number of halogens is 3. The smallest absolute Gasteiger partial charge is 0.318 e. The van der Waals surface area contributed by atoms with E-state index in [-0.39, 0.29) is 17.9 Å². The van der Waals surface area contributed by atoms with Gasteiger partial charge >= 0.3 is 6.18 Å². The first-order valence-corrected chi connectivity index (χ1v) is 5.23. The van der Waals surface area contributed by atoms with E-state index in [0.29, 0.717) is 5.56 Å². The Hall–Kier alpha value is -1.87. The highest BCUT2D eigenvalue weighted by atomic mass is 19.4. The summed E-state index contributed by atoms with van der Waals surface area (Å²) in [4.78, 5) is 11.1. The van der Waals surface area contributed by atoms with Gasteiger partial charge in [-0.3, -0.25) is 20.9 Å². The molecule has 106 valence electrons. The maximum absolute atomic E-state index is 12.2. The molecule has 9 heteroatoms. The predicted molar refractivity (Wildman–Crippen MR) is 63.3 cm³/mol. The van der Waals surface area contributed by atoms with E-state index in [1.165, 1.54) is 25.2 Å². The number of nitrogens with zero attached hydrogens (tertiary/aromatic N) is 2. The summed E-state index contributed by atoms with van der Waals surface area (Å²) in [6, 6.07) is 4.10. The van der Waals surface area contributed by atoms with E-state index in [2.05, 4.69) is 5.43 Å². The highest BCUT2D eigenvalue weighted by Gasteiger charge is 2.29. The van der Waals surface area contributed by atoms with Crippen molar-refractivity contribution in [1.82, 2.24) is 4.90 Å². The van der Waals surface area contributed by atoms with Crippen LogP contribution in [-0.4, -0.2) is 29.6 Å². The van der Waals surface area contributed by atoms with Crippen molar-refractivity contribution in [1.29, 1.82) is 0 Å². The average Bonchev–Trinajstić information content (AvgIpc) is 2.25. The number of para-hydroxylation sites is 1. The largest absolute Gasteiger partial charge is 0.401 e. The molecule has 0 unspecified atom stereocenters. The lowest BCUT2D eigenvalue weighted by Gasteiger charge is -2.19. The number of benzene rings is 1. The summed E-state index contributed by atoms with van der Waals surface area (Å²) in [7, 11) is 1.27. The zero-order chi connectivity index (χ0) is 14.6. The highest BCUT2D eigenvalue weighted by molar-refractivity contribution is 5.65. The van der Waals surface area contributed by atoms with Crippen LogP contribution in [0.4, 0.5) is 24.5 Å². The molecule has 3 N–H and O–H groups in total. The zero-order valence-corrected chi connectivity index (χ0v) is 10.1. The summed E-state index contributed by atoms with van der Waals surface area (Å²) in [5, 5.41) is 10.8. The van der Waals surface area contributed by atoms with Gasteiger partial charge in [-0.1, -0.05) is 12.1 Å². The van der Waals surface area contributed by atoms with E-state index >= 15 is 0 Å². The van der Waals surface area contributed by atoms with E-state index < -0.39 is 17.6 Å². The number of anilines is 1. The number of hydrogen-bond donors (Lipinski definition) is 2. The number of nitro benzene ring substituents is 1. The SMILES string of the molecule is CN(Cc1cccc([N+](=O)[O-])c1NN)CC(F)(F)F. The number of alkyl halides is 3. The van der Waals surface area contributed by atoms with Gasteiger partial charge in [0.05, 0.1) is 11.5 Å². The van der Waals surface area contributed by atoms with Crippen molar-refractivity contribution in [3.05, 3.63) is 33.9 Å². The molecule has 6 nitrogen and oxygen atoms in total. The number of hydrazine groups is 1. The van der Waals surface area contributed by atoms with Gasteiger partial charge in [0, 0.05) is 12.6 Å². The third-order valence-electron chi connectivity index (χ3n) is 2.36. The van der Waals surface area contributed by atoms with E-state index in [1.54, 1.807) is 0 Å². The third kappa shape index (κ3) is 4.38. The first-order chi connectivity index (χ1) is 8.74. The van der Waals surface area contributed by atoms with Crippen molar-refractivity contribution in [2.45, 2.75) is 12.7 Å². The Bertz CT molecular complexity index is 465. The quantitative estimate of drug-likeness (QED) is 0.488. The molecule has 0 amide bonds. The van der Waals surface area contributed by atoms with Crippen LogP contribution in [-0.2, 0) is 6.54 Å². The monoisotopic (exact) mass is 278 g/mol. The molecule has 0 radical (unpaired) electrons. The standard InChI is InChI=1S/C10H13F3N4O2/c1-16(6-10(11,12)13)5-7-3-2-4-8(17(18)19)9(7)15-14/h2-4,15H,5-6,14H2,1H3. The third-order valence-corrected chi connectivity index (χ3v) is 2.36. The van der Waals surface area contributed by atoms with Gasteiger partial charge in [0.1, 0.15) is 5.69 Å². The van der Waals surface area contributed by atoms with Crippen LogP contribution in [0, 0.1) is 10.1 Å². The van der Waals surface area contributed by atoms with Crippen LogP contribution in [0.15, 0.2) is 18.2 Å². The Morgan fingerprint density at radius 3 is 2.58 bits per heavy atom. The van der Waals surface area contributed by atoms with Crippen LogP contribution in [0.3, 0.4) is 0 Å². The first kappa shape index (κ1) is 15.2. The minimum Gasteiger partial charge on any atom is -0.318 e. The van der Waals surface area contributed by atoms with Gasteiger partial charge in [-0.15, -0.1) is 0 Å². The van der Waals surface area contributed by atoms with Crippen molar-refractivity contribution < 1.29 is 18.1 Å². The highest BCUT2D eigenvalue weighted by Crippen LogP contribution is 2.28. The normalized spacial score (nSPS) is 11.7.